The number of urea groups is 1. The lowest BCUT2D eigenvalue weighted by Crippen LogP contribution is -2.43. The van der Waals surface area contributed by atoms with Crippen LogP contribution in [0.15, 0.2) is 36.8 Å². The lowest BCUT2D eigenvalue weighted by Gasteiger charge is -2.23. The highest BCUT2D eigenvalue weighted by Crippen LogP contribution is 2.06. The quantitative estimate of drug-likeness (QED) is 0.852. The van der Waals surface area contributed by atoms with Gasteiger partial charge in [0.05, 0.1) is 12.6 Å². The number of aliphatic hydroxyl groups excluding tert-OH is 1. The number of pyridine rings is 1. The molecule has 2 rings (SSSR count). The Morgan fingerprint density at radius 3 is 3.00 bits per heavy atom. The van der Waals surface area contributed by atoms with Crippen molar-refractivity contribution in [3.63, 3.8) is 0 Å². The number of likely N-dealkylation sites (N-methyl/N-ethyl adjacent to an activating group) is 1. The zero-order valence-corrected chi connectivity index (χ0v) is 12.1. The Morgan fingerprint density at radius 2 is 2.33 bits per heavy atom. The van der Waals surface area contributed by atoms with Crippen LogP contribution in [-0.4, -0.2) is 50.5 Å². The maximum absolute atomic E-state index is 11.9. The van der Waals surface area contributed by atoms with Crippen molar-refractivity contribution in [1.82, 2.24) is 25.0 Å². The summed E-state index contributed by atoms with van der Waals surface area (Å²) in [6.45, 7) is 2.10. The smallest absolute Gasteiger partial charge is 0.317 e. The van der Waals surface area contributed by atoms with Gasteiger partial charge in [0.15, 0.2) is 5.82 Å². The third kappa shape index (κ3) is 3.79. The van der Waals surface area contributed by atoms with Crippen LogP contribution in [-0.2, 0) is 6.54 Å². The monoisotopic (exact) mass is 289 g/mol. The zero-order chi connectivity index (χ0) is 15.2. The first-order chi connectivity index (χ1) is 10.1. The number of amides is 2. The molecule has 2 aromatic heterocycles. The fourth-order valence-corrected chi connectivity index (χ4v) is 1.73. The van der Waals surface area contributed by atoms with Gasteiger partial charge >= 0.3 is 6.03 Å². The SMILES string of the molecule is CC(CO)N(C)C(=O)NCc1ccnc(-n2cccn2)c1. The second-order valence-electron chi connectivity index (χ2n) is 4.77. The molecular weight excluding hydrogens is 270 g/mol. The summed E-state index contributed by atoms with van der Waals surface area (Å²) in [4.78, 5) is 17.6. The molecule has 1 atom stereocenters. The molecule has 2 heterocycles. The van der Waals surface area contributed by atoms with Crippen LogP contribution in [0.2, 0.25) is 0 Å². The van der Waals surface area contributed by atoms with Crippen molar-refractivity contribution in [1.29, 1.82) is 0 Å². The van der Waals surface area contributed by atoms with Gasteiger partial charge < -0.3 is 15.3 Å². The summed E-state index contributed by atoms with van der Waals surface area (Å²) in [5.74, 6) is 0.698. The molecule has 2 amide bonds. The Morgan fingerprint density at radius 1 is 1.52 bits per heavy atom. The molecule has 0 radical (unpaired) electrons. The summed E-state index contributed by atoms with van der Waals surface area (Å²) >= 11 is 0. The number of aliphatic hydroxyl groups is 1. The molecule has 1 unspecified atom stereocenters. The number of aromatic nitrogens is 3. The fraction of sp³-hybridized carbons (Fsp3) is 0.357. The van der Waals surface area contributed by atoms with Gasteiger partial charge in [-0.2, -0.15) is 5.10 Å². The van der Waals surface area contributed by atoms with E-state index in [1.807, 2.05) is 18.2 Å². The summed E-state index contributed by atoms with van der Waals surface area (Å²) in [5, 5.41) is 16.0. The number of nitrogens with zero attached hydrogens (tertiary/aromatic N) is 4. The number of hydrogen-bond donors (Lipinski definition) is 2. The number of nitrogens with one attached hydrogen (secondary N) is 1. The van der Waals surface area contributed by atoms with Gasteiger partial charge in [-0.3, -0.25) is 0 Å². The highest BCUT2D eigenvalue weighted by atomic mass is 16.3. The van der Waals surface area contributed by atoms with E-state index in [1.54, 1.807) is 37.2 Å². The molecule has 21 heavy (non-hydrogen) atoms. The van der Waals surface area contributed by atoms with Crippen LogP contribution < -0.4 is 5.32 Å². The van der Waals surface area contributed by atoms with Gasteiger partial charge in [-0.15, -0.1) is 0 Å². The number of carbonyl (C=O) groups excluding carboxylic acids is 1. The molecule has 0 bridgehead atoms. The van der Waals surface area contributed by atoms with Crippen molar-refractivity contribution in [3.05, 3.63) is 42.4 Å². The van der Waals surface area contributed by atoms with Crippen LogP contribution >= 0.6 is 0 Å². The second-order valence-corrected chi connectivity index (χ2v) is 4.77. The molecule has 2 aromatic rings. The highest BCUT2D eigenvalue weighted by molar-refractivity contribution is 5.74. The van der Waals surface area contributed by atoms with Gasteiger partial charge in [0.2, 0.25) is 0 Å². The summed E-state index contributed by atoms with van der Waals surface area (Å²) in [6.07, 6.45) is 5.17. The lowest BCUT2D eigenvalue weighted by molar-refractivity contribution is 0.157. The molecule has 0 aliphatic carbocycles. The van der Waals surface area contributed by atoms with Gasteiger partial charge in [-0.05, 0) is 30.7 Å². The maximum Gasteiger partial charge on any atom is 0.317 e. The van der Waals surface area contributed by atoms with Crippen LogP contribution in [0, 0.1) is 0 Å². The number of carbonyl (C=O) groups is 1. The van der Waals surface area contributed by atoms with E-state index in [1.165, 1.54) is 4.90 Å². The van der Waals surface area contributed by atoms with Crippen LogP contribution in [0.4, 0.5) is 4.79 Å². The molecule has 0 aliphatic rings. The molecule has 2 N–H and O–H groups in total. The largest absolute Gasteiger partial charge is 0.394 e. The minimum absolute atomic E-state index is 0.0668. The molecule has 7 nitrogen and oxygen atoms in total. The summed E-state index contributed by atoms with van der Waals surface area (Å²) in [5.41, 5.74) is 0.925. The van der Waals surface area contributed by atoms with Gasteiger partial charge in [-0.25, -0.2) is 14.5 Å². The van der Waals surface area contributed by atoms with Crippen LogP contribution in [0.3, 0.4) is 0 Å². The summed E-state index contributed by atoms with van der Waals surface area (Å²) in [6, 6.07) is 5.07. The topological polar surface area (TPSA) is 83.3 Å². The van der Waals surface area contributed by atoms with E-state index in [0.29, 0.717) is 12.4 Å². The van der Waals surface area contributed by atoms with Crippen LogP contribution in [0.1, 0.15) is 12.5 Å². The Labute approximate surface area is 123 Å². The molecule has 0 saturated carbocycles. The van der Waals surface area contributed by atoms with Crippen molar-refractivity contribution in [2.24, 2.45) is 0 Å². The molecule has 0 fully saturated rings. The molecule has 0 spiro atoms. The van der Waals surface area contributed by atoms with Gasteiger partial charge in [0.25, 0.3) is 0 Å². The predicted octanol–water partition coefficient (Wildman–Crippen LogP) is 0.789. The minimum atomic E-state index is -0.228. The van der Waals surface area contributed by atoms with Crippen molar-refractivity contribution in [2.75, 3.05) is 13.7 Å². The Hall–Kier alpha value is -2.41. The van der Waals surface area contributed by atoms with Gasteiger partial charge in [0.1, 0.15) is 0 Å². The first kappa shape index (κ1) is 15.0. The normalized spacial score (nSPS) is 12.0. The van der Waals surface area contributed by atoms with E-state index in [0.717, 1.165) is 5.56 Å². The standard InChI is InChI=1S/C14H19N5O2/c1-11(10-20)18(2)14(21)16-9-12-4-6-15-13(8-12)19-7-3-5-17-19/h3-8,11,20H,9-10H2,1-2H3,(H,16,21). The van der Waals surface area contributed by atoms with Crippen LogP contribution in [0.25, 0.3) is 5.82 Å². The maximum atomic E-state index is 11.9. The van der Waals surface area contributed by atoms with Gasteiger partial charge in [0, 0.05) is 32.2 Å². The molecule has 7 heteroatoms. The lowest BCUT2D eigenvalue weighted by atomic mass is 10.2. The molecule has 0 saturated heterocycles. The van der Waals surface area contributed by atoms with E-state index >= 15 is 0 Å². The number of rotatable bonds is 5. The summed E-state index contributed by atoms with van der Waals surface area (Å²) < 4.78 is 1.66. The van der Waals surface area contributed by atoms with Gasteiger partial charge in [-0.1, -0.05) is 0 Å². The fourth-order valence-electron chi connectivity index (χ4n) is 1.73. The minimum Gasteiger partial charge on any atom is -0.394 e. The molecule has 112 valence electrons. The van der Waals surface area contributed by atoms with Crippen molar-refractivity contribution < 1.29 is 9.90 Å². The third-order valence-electron chi connectivity index (χ3n) is 3.24. The average molecular weight is 289 g/mol. The first-order valence-electron chi connectivity index (χ1n) is 6.68. The zero-order valence-electron chi connectivity index (χ0n) is 12.1. The summed E-state index contributed by atoms with van der Waals surface area (Å²) in [7, 11) is 1.65. The average Bonchev–Trinajstić information content (AvgIpc) is 3.05. The Bertz CT molecular complexity index is 585. The Balaban J connectivity index is 1.98. The van der Waals surface area contributed by atoms with Crippen molar-refractivity contribution in [3.8, 4) is 5.82 Å². The molecular formula is C14H19N5O2. The number of hydrogen-bond acceptors (Lipinski definition) is 4. The third-order valence-corrected chi connectivity index (χ3v) is 3.24. The van der Waals surface area contributed by atoms with E-state index in [9.17, 15) is 4.79 Å². The van der Waals surface area contributed by atoms with Crippen LogP contribution in [0.5, 0.6) is 0 Å². The molecule has 0 aliphatic heterocycles. The Kier molecular flexibility index (Phi) is 4.89. The second kappa shape index (κ2) is 6.85. The van der Waals surface area contributed by atoms with Crippen molar-refractivity contribution >= 4 is 6.03 Å². The first-order valence-corrected chi connectivity index (χ1v) is 6.68. The molecule has 0 aromatic carbocycles. The predicted molar refractivity (Wildman–Crippen MR) is 77.9 cm³/mol. The van der Waals surface area contributed by atoms with E-state index in [4.69, 9.17) is 5.11 Å². The highest BCUT2D eigenvalue weighted by Gasteiger charge is 2.14. The van der Waals surface area contributed by atoms with E-state index in [2.05, 4.69) is 15.4 Å². The van der Waals surface area contributed by atoms with E-state index in [-0.39, 0.29) is 18.7 Å². The van der Waals surface area contributed by atoms with Crippen molar-refractivity contribution in [2.45, 2.75) is 19.5 Å². The van der Waals surface area contributed by atoms with E-state index < -0.39 is 0 Å².